The third-order valence-corrected chi connectivity index (χ3v) is 28.5. The van der Waals surface area contributed by atoms with Crippen molar-refractivity contribution in [2.45, 2.75) is 279 Å². The van der Waals surface area contributed by atoms with Crippen molar-refractivity contribution in [2.24, 2.45) is 17.4 Å². The molecule has 4 saturated heterocycles. The maximum absolute atomic E-state index is 14.7. The second-order valence-electron chi connectivity index (χ2n) is 33.1. The van der Waals surface area contributed by atoms with E-state index in [1.54, 1.807) is 78.8 Å². The molecule has 0 saturated carbocycles. The van der Waals surface area contributed by atoms with Crippen molar-refractivity contribution in [3.05, 3.63) is 79.6 Å². The number of urea groups is 1. The number of primary amides is 1. The predicted molar refractivity (Wildman–Crippen MR) is 493 cm³/mol. The van der Waals surface area contributed by atoms with E-state index in [1.165, 1.54) is 80.9 Å². The first-order chi connectivity index (χ1) is 62.7. The van der Waals surface area contributed by atoms with E-state index in [0.717, 1.165) is 18.9 Å². The number of ether oxygens (including phenoxy) is 13. The van der Waals surface area contributed by atoms with Gasteiger partial charge in [-0.05, 0) is 157 Å². The number of benzene rings is 2. The molecule has 9 amide bonds. The van der Waals surface area contributed by atoms with E-state index in [2.05, 4.69) is 66.4 Å². The lowest BCUT2D eigenvalue weighted by atomic mass is 9.75. The van der Waals surface area contributed by atoms with Crippen molar-refractivity contribution in [1.82, 2.24) is 42.3 Å². The number of unbranched alkanes of at least 4 members (excludes halogenated alkanes) is 1. The molecule has 4 heterocycles. The van der Waals surface area contributed by atoms with Gasteiger partial charge in [0.1, 0.15) is 61.4 Å². The fourth-order valence-electron chi connectivity index (χ4n) is 15.5. The van der Waals surface area contributed by atoms with Gasteiger partial charge >= 0.3 is 18.2 Å². The van der Waals surface area contributed by atoms with Gasteiger partial charge in [0.15, 0.2) is 41.8 Å². The van der Waals surface area contributed by atoms with Crippen molar-refractivity contribution < 1.29 is 140 Å². The maximum Gasteiger partial charge on any atom is 0.411 e. The summed E-state index contributed by atoms with van der Waals surface area (Å²) in [6, 6.07) is 0.127. The summed E-state index contributed by atoms with van der Waals surface area (Å²) >= 11 is 2.74. The lowest BCUT2D eigenvalue weighted by Crippen LogP contribution is -2.65. The highest BCUT2D eigenvalue weighted by atomic mass is 127. The minimum Gasteiger partial charge on any atom is -0.492 e. The molecular formula is C88H126IN11O29S3. The van der Waals surface area contributed by atoms with E-state index >= 15 is 0 Å². The molecule has 2 aromatic rings. The van der Waals surface area contributed by atoms with Crippen molar-refractivity contribution >= 4 is 120 Å². The molecule has 2 bridgehead atoms. The fourth-order valence-corrected chi connectivity index (χ4v) is 19.7. The molecule has 17 N–H and O–H groups in total. The average Bonchev–Trinajstić information content (AvgIpc) is 0.751. The number of aliphatic hydroxyl groups is 5. The molecule has 0 aromatic heterocycles. The number of Topliss-reactive ketones (excluding diaryl/α,β-unsaturated/α-hetero) is 1. The summed E-state index contributed by atoms with van der Waals surface area (Å²) in [4.78, 5) is 142. The second-order valence-corrected chi connectivity index (χ2v) is 38.4. The number of hydrogen-bond donors (Lipinski definition) is 15. The highest BCUT2D eigenvalue weighted by Crippen LogP contribution is 2.50. The fraction of sp³-hybridized carbons (Fsp3) is 0.636. The zero-order chi connectivity index (χ0) is 97.2. The van der Waals surface area contributed by atoms with E-state index in [9.17, 15) is 73.5 Å². The minimum atomic E-state index is -2.23. The first kappa shape index (κ1) is 109. The number of anilines is 1. The van der Waals surface area contributed by atoms with Gasteiger partial charge in [-0.2, -0.15) is 5.48 Å². The summed E-state index contributed by atoms with van der Waals surface area (Å²) in [5, 5.41) is 76.9. The van der Waals surface area contributed by atoms with E-state index in [1.807, 2.05) is 36.4 Å². The van der Waals surface area contributed by atoms with Crippen LogP contribution in [0.2, 0.25) is 0 Å². The van der Waals surface area contributed by atoms with E-state index < -0.39 is 198 Å². The number of allylic oxidation sites excluding steroid dienone is 3. The number of hydrogen-bond acceptors (Lipinski definition) is 34. The molecule has 0 unspecified atom stereocenters. The van der Waals surface area contributed by atoms with Crippen molar-refractivity contribution in [3.8, 4) is 40.9 Å². The number of likely N-dealkylation sites (N-methyl/N-ethyl adjacent to an activating group) is 1. The van der Waals surface area contributed by atoms with Crippen LogP contribution < -0.4 is 68.4 Å². The van der Waals surface area contributed by atoms with Crippen LogP contribution in [0.1, 0.15) is 149 Å². The number of thioether (sulfide) groups is 1. The molecule has 44 heteroatoms. The molecular weight excluding hydrogens is 1900 g/mol. The molecule has 4 aliphatic heterocycles. The Balaban J connectivity index is 1.02. The number of aliphatic hydroxyl groups excluding tert-OH is 4. The number of fused-ring (bicyclic) bond motifs is 2. The number of ketones is 1. The Labute approximate surface area is 793 Å². The van der Waals surface area contributed by atoms with Crippen LogP contribution in [0, 0.1) is 40.1 Å². The maximum atomic E-state index is 14.7. The Morgan fingerprint density at radius 3 is 2.09 bits per heavy atom. The van der Waals surface area contributed by atoms with Gasteiger partial charge in [-0.3, -0.25) is 43.7 Å². The predicted octanol–water partition coefficient (Wildman–Crippen LogP) is 3.92. The van der Waals surface area contributed by atoms with E-state index in [-0.39, 0.29) is 120 Å². The van der Waals surface area contributed by atoms with Gasteiger partial charge < -0.3 is 135 Å². The molecule has 40 nitrogen and oxygen atoms in total. The number of halogens is 1. The topological polar surface area (TPSA) is 553 Å². The minimum absolute atomic E-state index is 0.0159. The van der Waals surface area contributed by atoms with Crippen molar-refractivity contribution in [1.29, 1.82) is 0 Å². The normalized spacial score (nSPS) is 27.7. The van der Waals surface area contributed by atoms with Gasteiger partial charge in [0.25, 0.3) is 0 Å². The number of carbonyl (C=O) groups is 10. The summed E-state index contributed by atoms with van der Waals surface area (Å²) in [6.07, 6.45) is -15.7. The Hall–Kier alpha value is -8.18. The largest absolute Gasteiger partial charge is 0.492 e. The number of methoxy groups -OCH3 is 5. The molecule has 22 atom stereocenters. The number of alkyl carbamates (subject to hydrolysis) is 1. The molecule has 6 aliphatic rings. The Bertz CT molecular complexity index is 4560. The summed E-state index contributed by atoms with van der Waals surface area (Å²) in [5.41, 5.74) is 12.4. The Morgan fingerprint density at radius 2 is 1.45 bits per heavy atom. The summed E-state index contributed by atoms with van der Waals surface area (Å²) in [6.45, 7) is 18.7. The number of carbonyl (C=O) groups excluding carboxylic acids is 10. The van der Waals surface area contributed by atoms with Gasteiger partial charge in [0.05, 0.1) is 97.0 Å². The van der Waals surface area contributed by atoms with Crippen LogP contribution in [-0.2, 0) is 87.6 Å². The Kier molecular flexibility index (Phi) is 42.7. The lowest BCUT2D eigenvalue weighted by Gasteiger charge is -2.47. The van der Waals surface area contributed by atoms with Crippen LogP contribution in [0.3, 0.4) is 0 Å². The Morgan fingerprint density at radius 1 is 0.765 bits per heavy atom. The van der Waals surface area contributed by atoms with Gasteiger partial charge in [0.2, 0.25) is 46.7 Å². The number of rotatable bonds is 43. The van der Waals surface area contributed by atoms with Crippen molar-refractivity contribution in [2.75, 3.05) is 79.4 Å². The molecule has 0 radical (unpaired) electrons. The zero-order valence-electron chi connectivity index (χ0n) is 76.8. The monoisotopic (exact) mass is 2020 g/mol. The molecule has 2 aliphatic carbocycles. The second kappa shape index (κ2) is 51.7. The molecule has 732 valence electrons. The summed E-state index contributed by atoms with van der Waals surface area (Å²) in [5.74, 6) is 7.88. The van der Waals surface area contributed by atoms with Crippen LogP contribution in [0.4, 0.5) is 20.1 Å². The van der Waals surface area contributed by atoms with E-state index in [4.69, 9.17) is 77.9 Å². The van der Waals surface area contributed by atoms with Crippen molar-refractivity contribution in [3.63, 3.8) is 0 Å². The lowest BCUT2D eigenvalue weighted by molar-refractivity contribution is -0.337. The van der Waals surface area contributed by atoms with Crippen LogP contribution in [0.25, 0.3) is 0 Å². The highest BCUT2D eigenvalue weighted by Gasteiger charge is 2.53. The number of nitrogens with two attached hydrogens (primary N) is 2. The quantitative estimate of drug-likeness (QED) is 0.0147. The van der Waals surface area contributed by atoms with Crippen LogP contribution in [0.5, 0.6) is 17.2 Å². The first-order valence-electron chi connectivity index (χ1n) is 43.3. The highest BCUT2D eigenvalue weighted by molar-refractivity contribution is 14.1. The molecule has 8 rings (SSSR count). The average molecular weight is 2030 g/mol. The molecule has 0 spiro atoms. The van der Waals surface area contributed by atoms with E-state index in [0.29, 0.717) is 47.0 Å². The number of nitrogens with one attached hydrogen (secondary N) is 8. The molecule has 4 fully saturated rings. The molecule has 132 heavy (non-hydrogen) atoms. The number of amides is 9. The van der Waals surface area contributed by atoms with Gasteiger partial charge in [0, 0.05) is 87.9 Å². The van der Waals surface area contributed by atoms with Gasteiger partial charge in [-0.25, -0.2) is 14.4 Å². The molecule has 2 aromatic carbocycles. The smallest absolute Gasteiger partial charge is 0.411 e. The number of hydroxylamine groups is 1. The third kappa shape index (κ3) is 29.7. The first-order valence-corrected chi connectivity index (χ1v) is 47.6. The summed E-state index contributed by atoms with van der Waals surface area (Å²) < 4.78 is 79.4. The van der Waals surface area contributed by atoms with Crippen LogP contribution in [0.15, 0.2) is 59.3 Å². The van der Waals surface area contributed by atoms with Gasteiger partial charge in [-0.1, -0.05) is 89.1 Å². The van der Waals surface area contributed by atoms with Crippen LogP contribution in [-0.4, -0.2) is 301 Å². The zero-order valence-corrected chi connectivity index (χ0v) is 81.4. The standard InChI is InChI=1S/C88H126IN11O29S3/c1-17-100(86(114)122-42-51-28-30-52(31-29-51)95-78(108)55(26-24-36-93-84(91)112)96-80(110)66(44(2)3)97-79(109)54(94-50(9)102)25-21-23-35-90)56-43-121-61(40-60(56)116-12)127-75-70(106)67(99-129-62-39-57(103)77(48(7)123-62)131-81(111)63-45(4)65(89)73(76(119-15)72(63)117-13)128-82-71(107)74(118-14)69(105)47(6)125-82)46(5)124-83(75)126-59-27-20-18-19-22-33-88(115)41-58(104)68(98-85(113)120-16)64(59)53(88)32-38-130-132-87(10,11)34-37-92-49(8)101/h18-19,28-32,44,46-48,54-57,59-62,66-67,69-71,74-75,77,82-83,99,103,105-107,115H,17,21,23-26,34-43,90H2,1-16H3,(H,92,101)(H,94,102)(H,95,108)(H,96,110)(H,97,109)(H,98,113)(H3,91,93,112)/b19-18-,53-32+/t46-,47+,48-,54+,55+,56+,57+,59+,60+,61+,62+,66+,67-,69+,70+,71-,74-,75-,77-,82+,83+,88+/m1/s1. The van der Waals surface area contributed by atoms with Crippen LogP contribution >= 0.6 is 55.9 Å². The number of nitrogens with zero attached hydrogens (tertiary/aromatic N) is 1. The summed E-state index contributed by atoms with van der Waals surface area (Å²) in [7, 11) is 9.40. The van der Waals surface area contributed by atoms with Gasteiger partial charge in [-0.15, -0.1) is 0 Å². The SMILES string of the molecule is CCN(C(=O)OCc1ccc(NC(=O)[C@H](CCCNC(N)=O)NC(=O)[C@@H](NC(=O)[C@H](CCCCN)NC(C)=O)C(C)C)cc1)[C@H]1CO[C@@H](O[C@H]2[C@H](O[C@H]3C#C/C=C\C#C[C@]4(O)CC(=O)C(NC(=O)OC)=C3/C4=C\CSSC(C)(C)CCNC(C)=O)O[C@H](C)[C@@H](NO[C@H]3C[C@H](O)[C@H](SC(=O)c4c(C)c(I)c(O[C@@H]5O[C@@H](C)[C@H](O)[C@@H](OC)[C@H]5O)c(OC)c4OC)[C@@H](C)O3)[C@@H]2O)C[C@@H]1OC. The third-order valence-electron chi connectivity index (χ3n) is 22.6.